The molecule has 0 aliphatic carbocycles. The number of pyridine rings is 1. The fourth-order valence-corrected chi connectivity index (χ4v) is 7.24. The van der Waals surface area contributed by atoms with Gasteiger partial charge in [-0.05, 0) is 94.9 Å². The van der Waals surface area contributed by atoms with Gasteiger partial charge in [-0.1, -0.05) is 93.6 Å². The van der Waals surface area contributed by atoms with Crippen molar-refractivity contribution >= 4 is 44.6 Å². The highest BCUT2D eigenvalue weighted by atomic mass is 16.5. The lowest BCUT2D eigenvalue weighted by Gasteiger charge is -2.22. The summed E-state index contributed by atoms with van der Waals surface area (Å²) in [6.45, 7) is 7.43. The monoisotopic (exact) mass is 662 g/mol. The summed E-state index contributed by atoms with van der Waals surface area (Å²) in [5.74, 6) is 2.45. The van der Waals surface area contributed by atoms with Crippen LogP contribution in [0.3, 0.4) is 0 Å². The van der Waals surface area contributed by atoms with E-state index in [1.807, 2.05) is 12.3 Å². The SMILES string of the molecule is CC(C)(C)c1ccnc(-n2c3ccc(-c4ccccc4)cc3c3ccc(Oc4cccc(N5CN(c6ccccc6)c6ccccc65)c4)cc32)c1. The summed E-state index contributed by atoms with van der Waals surface area (Å²) in [7, 11) is 0. The largest absolute Gasteiger partial charge is 0.457 e. The minimum atomic E-state index is -0.00972. The molecule has 0 fully saturated rings. The van der Waals surface area contributed by atoms with E-state index in [9.17, 15) is 0 Å². The summed E-state index contributed by atoms with van der Waals surface area (Å²) in [4.78, 5) is 9.60. The molecule has 8 aromatic rings. The number of ether oxygens (including phenoxy) is 1. The van der Waals surface area contributed by atoms with Gasteiger partial charge in [-0.2, -0.15) is 0 Å². The number of rotatable bonds is 6. The Bertz CT molecular complexity index is 2530. The van der Waals surface area contributed by atoms with Crippen LogP contribution in [0, 0.1) is 0 Å². The molecule has 0 amide bonds. The van der Waals surface area contributed by atoms with Gasteiger partial charge in [0.1, 0.15) is 24.0 Å². The lowest BCUT2D eigenvalue weighted by molar-refractivity contribution is 0.483. The highest BCUT2D eigenvalue weighted by molar-refractivity contribution is 6.10. The number of hydrogen-bond acceptors (Lipinski definition) is 4. The van der Waals surface area contributed by atoms with Gasteiger partial charge in [-0.3, -0.25) is 4.57 Å². The Kier molecular flexibility index (Phi) is 7.36. The maximum atomic E-state index is 6.67. The second-order valence-corrected chi connectivity index (χ2v) is 14.2. The van der Waals surface area contributed by atoms with E-state index in [2.05, 4.69) is 187 Å². The van der Waals surface area contributed by atoms with E-state index in [1.165, 1.54) is 39.1 Å². The van der Waals surface area contributed by atoms with Gasteiger partial charge in [0, 0.05) is 40.5 Å². The fraction of sp³-hybridized carbons (Fsp3) is 0.109. The average Bonchev–Trinajstić information content (AvgIpc) is 3.71. The van der Waals surface area contributed by atoms with E-state index >= 15 is 0 Å². The second-order valence-electron chi connectivity index (χ2n) is 14.2. The Labute approximate surface area is 298 Å². The van der Waals surface area contributed by atoms with Crippen LogP contribution >= 0.6 is 0 Å². The zero-order valence-electron chi connectivity index (χ0n) is 29.0. The minimum absolute atomic E-state index is 0.00972. The van der Waals surface area contributed by atoms with Crippen LogP contribution in [-0.2, 0) is 5.41 Å². The van der Waals surface area contributed by atoms with Gasteiger partial charge in [-0.25, -0.2) is 4.98 Å². The first kappa shape index (κ1) is 30.7. The van der Waals surface area contributed by atoms with Crippen molar-refractivity contribution in [3.05, 3.63) is 169 Å². The topological polar surface area (TPSA) is 33.5 Å². The Morgan fingerprint density at radius 1 is 0.529 bits per heavy atom. The van der Waals surface area contributed by atoms with Crippen molar-refractivity contribution in [2.24, 2.45) is 0 Å². The van der Waals surface area contributed by atoms with Gasteiger partial charge in [0.05, 0.1) is 22.4 Å². The van der Waals surface area contributed by atoms with Crippen LogP contribution in [0.15, 0.2) is 164 Å². The molecule has 5 nitrogen and oxygen atoms in total. The number of anilines is 4. The number of fused-ring (bicyclic) bond motifs is 4. The molecule has 0 unspecified atom stereocenters. The summed E-state index contributed by atoms with van der Waals surface area (Å²) in [6, 6.07) is 55.5. The lowest BCUT2D eigenvalue weighted by atomic mass is 9.88. The second kappa shape index (κ2) is 12.2. The van der Waals surface area contributed by atoms with Gasteiger partial charge in [0.15, 0.2) is 0 Å². The molecule has 5 heteroatoms. The summed E-state index contributed by atoms with van der Waals surface area (Å²) >= 11 is 0. The van der Waals surface area contributed by atoms with Crippen molar-refractivity contribution in [1.82, 2.24) is 9.55 Å². The molecule has 248 valence electrons. The molecule has 0 atom stereocenters. The third-order valence-electron chi connectivity index (χ3n) is 9.86. The first-order valence-corrected chi connectivity index (χ1v) is 17.5. The standard InChI is InChI=1S/C46H38N4O/c1-46(2,3)34-25-26-47-45(28-34)50-41-24-21-33(32-13-6-4-7-14-32)27-40(41)39-23-22-38(30-44(39)50)51-37-18-12-17-36(29-37)49-31-48(35-15-8-5-9-16-35)42-19-10-11-20-43(42)49/h4-30H,31H2,1-3H3. The normalized spacial score (nSPS) is 12.8. The number of nitrogens with zero attached hydrogens (tertiary/aromatic N) is 4. The Hall–Kier alpha value is -6.33. The number of hydrogen-bond donors (Lipinski definition) is 0. The van der Waals surface area contributed by atoms with E-state index in [4.69, 9.17) is 9.72 Å². The van der Waals surface area contributed by atoms with Crippen LogP contribution in [0.5, 0.6) is 11.5 Å². The Balaban J connectivity index is 1.12. The predicted molar refractivity (Wildman–Crippen MR) is 211 cm³/mol. The van der Waals surface area contributed by atoms with Gasteiger partial charge in [-0.15, -0.1) is 0 Å². The number of benzene rings is 6. The Morgan fingerprint density at radius 2 is 1.22 bits per heavy atom. The van der Waals surface area contributed by atoms with E-state index in [-0.39, 0.29) is 5.41 Å². The minimum Gasteiger partial charge on any atom is -0.457 e. The quantitative estimate of drug-likeness (QED) is 0.177. The van der Waals surface area contributed by atoms with Crippen molar-refractivity contribution in [3.63, 3.8) is 0 Å². The van der Waals surface area contributed by atoms with E-state index in [1.54, 1.807) is 0 Å². The predicted octanol–water partition coefficient (Wildman–Crippen LogP) is 12.2. The molecule has 6 aromatic carbocycles. The molecular weight excluding hydrogens is 625 g/mol. The molecule has 0 saturated carbocycles. The molecule has 1 aliphatic rings. The highest BCUT2D eigenvalue weighted by Crippen LogP contribution is 2.45. The smallest absolute Gasteiger partial charge is 0.137 e. The summed E-state index contributed by atoms with van der Waals surface area (Å²) in [5.41, 5.74) is 10.4. The molecule has 0 N–H and O–H groups in total. The summed E-state index contributed by atoms with van der Waals surface area (Å²) in [6.07, 6.45) is 1.92. The maximum Gasteiger partial charge on any atom is 0.137 e. The van der Waals surface area contributed by atoms with Crippen molar-refractivity contribution in [1.29, 1.82) is 0 Å². The third-order valence-corrected chi connectivity index (χ3v) is 9.86. The van der Waals surface area contributed by atoms with Gasteiger partial charge < -0.3 is 14.5 Å². The van der Waals surface area contributed by atoms with Crippen molar-refractivity contribution in [3.8, 4) is 28.4 Å². The number of aromatic nitrogens is 2. The van der Waals surface area contributed by atoms with E-state index in [0.29, 0.717) is 6.67 Å². The van der Waals surface area contributed by atoms with Crippen LogP contribution in [0.25, 0.3) is 38.8 Å². The zero-order valence-corrected chi connectivity index (χ0v) is 29.0. The molecular formula is C46H38N4O. The van der Waals surface area contributed by atoms with Gasteiger partial charge >= 0.3 is 0 Å². The van der Waals surface area contributed by atoms with E-state index < -0.39 is 0 Å². The van der Waals surface area contributed by atoms with Gasteiger partial charge in [0.25, 0.3) is 0 Å². The number of para-hydroxylation sites is 3. The molecule has 0 radical (unpaired) electrons. The molecule has 0 spiro atoms. The van der Waals surface area contributed by atoms with Crippen LogP contribution in [0.1, 0.15) is 26.3 Å². The van der Waals surface area contributed by atoms with E-state index in [0.717, 1.165) is 39.4 Å². The molecule has 2 aromatic heterocycles. The first-order chi connectivity index (χ1) is 24.9. The zero-order chi connectivity index (χ0) is 34.5. The van der Waals surface area contributed by atoms with Crippen molar-refractivity contribution < 1.29 is 4.74 Å². The molecule has 0 saturated heterocycles. The summed E-state index contributed by atoms with van der Waals surface area (Å²) in [5, 5.41) is 2.33. The van der Waals surface area contributed by atoms with Crippen LogP contribution in [0.4, 0.5) is 22.7 Å². The molecule has 9 rings (SSSR count). The molecule has 1 aliphatic heterocycles. The average molecular weight is 663 g/mol. The Morgan fingerprint density at radius 3 is 1.98 bits per heavy atom. The molecule has 0 bridgehead atoms. The summed E-state index contributed by atoms with van der Waals surface area (Å²) < 4.78 is 8.95. The third kappa shape index (κ3) is 5.57. The van der Waals surface area contributed by atoms with Crippen LogP contribution < -0.4 is 14.5 Å². The molecule has 51 heavy (non-hydrogen) atoms. The van der Waals surface area contributed by atoms with Crippen LogP contribution in [0.2, 0.25) is 0 Å². The van der Waals surface area contributed by atoms with Crippen molar-refractivity contribution in [2.75, 3.05) is 16.5 Å². The van der Waals surface area contributed by atoms with Crippen LogP contribution in [-0.4, -0.2) is 16.2 Å². The van der Waals surface area contributed by atoms with Crippen molar-refractivity contribution in [2.45, 2.75) is 26.2 Å². The highest BCUT2D eigenvalue weighted by Gasteiger charge is 2.28. The lowest BCUT2D eigenvalue weighted by Crippen LogP contribution is -2.23. The fourth-order valence-electron chi connectivity index (χ4n) is 7.24. The maximum absolute atomic E-state index is 6.67. The molecule has 3 heterocycles. The van der Waals surface area contributed by atoms with Gasteiger partial charge in [0.2, 0.25) is 0 Å². The first-order valence-electron chi connectivity index (χ1n) is 17.5.